The second-order valence-electron chi connectivity index (χ2n) is 1.20. The van der Waals surface area contributed by atoms with Crippen molar-refractivity contribution in [3.63, 3.8) is 0 Å². The summed E-state index contributed by atoms with van der Waals surface area (Å²) in [6.45, 7) is 0. The first-order valence-corrected chi connectivity index (χ1v) is 5.37. The van der Waals surface area contributed by atoms with Gasteiger partial charge in [-0.1, -0.05) is 0 Å². The number of hydrogen-bond donors (Lipinski definition) is 8. The van der Waals surface area contributed by atoms with E-state index in [0.717, 1.165) is 0 Å². The summed E-state index contributed by atoms with van der Waals surface area (Å²) in [6.07, 6.45) is 0. The molecule has 8 N–H and O–H groups in total. The predicted molar refractivity (Wildman–Crippen MR) is 46.3 cm³/mol. The van der Waals surface area contributed by atoms with E-state index in [0.29, 0.717) is 0 Å². The minimum Gasteiger partial charge on any atom is -0.368 e. The molecule has 0 amide bonds. The highest BCUT2D eigenvalue weighted by Gasteiger charge is 2.22. The lowest BCUT2D eigenvalue weighted by atomic mass is 15.7. The van der Waals surface area contributed by atoms with Crippen molar-refractivity contribution in [2.45, 2.75) is 0 Å². The highest BCUT2D eigenvalue weighted by molar-refractivity contribution is 6.47. The van der Waals surface area contributed by atoms with E-state index in [4.69, 9.17) is 38.4 Å². The van der Waals surface area contributed by atoms with Gasteiger partial charge in [-0.15, -0.1) is 0 Å². The van der Waals surface area contributed by atoms with Gasteiger partial charge in [-0.05, 0) is 0 Å². The zero-order valence-electron chi connectivity index (χ0n) is 4.58. The lowest BCUT2D eigenvalue weighted by Crippen LogP contribution is -2.33. The first kappa shape index (κ1) is 23.5. The van der Waals surface area contributed by atoms with Gasteiger partial charge in [0.05, 0.1) is 0 Å². The highest BCUT2D eigenvalue weighted by Crippen LogP contribution is 1.67. The fourth-order valence-electron chi connectivity index (χ4n) is 0. The third-order valence-electron chi connectivity index (χ3n) is 0. The quantitative estimate of drug-likeness (QED) is 0.195. The summed E-state index contributed by atoms with van der Waals surface area (Å²) in [5.41, 5.74) is 0. The summed E-state index contributed by atoms with van der Waals surface area (Å²) in [5, 5.41) is 0. The minimum atomic E-state index is -4.61. The van der Waals surface area contributed by atoms with Crippen molar-refractivity contribution in [3.05, 3.63) is 0 Å². The Hall–Kier alpha value is 1.65. The van der Waals surface area contributed by atoms with Gasteiger partial charge in [-0.2, -0.15) is 0 Å². The summed E-state index contributed by atoms with van der Waals surface area (Å²) in [7, 11) is -9.22. The van der Waals surface area contributed by atoms with Crippen molar-refractivity contribution in [3.8, 4) is 0 Å². The van der Waals surface area contributed by atoms with Crippen LogP contribution in [0.1, 0.15) is 0 Å². The lowest BCUT2D eigenvalue weighted by Gasteiger charge is -1.91. The average Bonchev–Trinajstić information content (AvgIpc) is 1.12. The molecule has 0 fully saturated rings. The summed E-state index contributed by atoms with van der Waals surface area (Å²) in [4.78, 5) is 58.6. The summed E-state index contributed by atoms with van der Waals surface area (Å²) >= 11 is 0. The molecule has 0 spiro atoms. The van der Waals surface area contributed by atoms with E-state index in [1.54, 1.807) is 0 Å². The van der Waals surface area contributed by atoms with Gasteiger partial charge in [0, 0.05) is 0 Å². The van der Waals surface area contributed by atoms with Crippen LogP contribution in [0.4, 0.5) is 0 Å². The van der Waals surface area contributed by atoms with Crippen molar-refractivity contribution in [2.75, 3.05) is 0 Å². The fourth-order valence-corrected chi connectivity index (χ4v) is 0. The highest BCUT2D eigenvalue weighted by atomic mass is 28.4. The van der Waals surface area contributed by atoms with E-state index in [2.05, 4.69) is 0 Å². The van der Waals surface area contributed by atoms with E-state index < -0.39 is 18.1 Å². The molecule has 12 heavy (non-hydrogen) atoms. The Morgan fingerprint density at radius 3 is 0.417 bits per heavy atom. The lowest BCUT2D eigenvalue weighted by molar-refractivity contribution is 0.115. The Labute approximate surface area is 102 Å². The van der Waals surface area contributed by atoms with E-state index in [1.165, 1.54) is 0 Å². The Morgan fingerprint density at radius 2 is 0.417 bits per heavy atom. The predicted octanol–water partition coefficient (Wildman–Crippen LogP) is -7.05. The maximum absolute atomic E-state index is 7.33. The van der Waals surface area contributed by atoms with Crippen LogP contribution in [0.2, 0.25) is 0 Å². The fraction of sp³-hybridized carbons (Fsp3) is 0. The Morgan fingerprint density at radius 1 is 0.417 bits per heavy atom. The molecule has 0 aliphatic carbocycles. The molecule has 0 aromatic heterocycles. The molecule has 8 nitrogen and oxygen atoms in total. The Bertz CT molecular complexity index is 58.0. The molecular formula is H12Mg2O8Si2. The third-order valence-corrected chi connectivity index (χ3v) is 0. The molecule has 0 atom stereocenters. The second-order valence-corrected chi connectivity index (χ2v) is 3.60. The van der Waals surface area contributed by atoms with E-state index in [1.807, 2.05) is 0 Å². The molecule has 0 bridgehead atoms. The van der Waals surface area contributed by atoms with E-state index >= 15 is 0 Å². The van der Waals surface area contributed by atoms with Crippen LogP contribution in [-0.4, -0.2) is 103 Å². The van der Waals surface area contributed by atoms with Crippen LogP contribution in [0.25, 0.3) is 0 Å². The minimum absolute atomic E-state index is 0. The van der Waals surface area contributed by atoms with Crippen molar-refractivity contribution in [1.29, 1.82) is 0 Å². The van der Waals surface area contributed by atoms with Crippen LogP contribution in [0, 0.1) is 0 Å². The van der Waals surface area contributed by atoms with Crippen LogP contribution in [0.3, 0.4) is 0 Å². The molecule has 0 radical (unpaired) electrons. The smallest absolute Gasteiger partial charge is 0.368 e. The van der Waals surface area contributed by atoms with Crippen molar-refractivity contribution >= 4 is 64.2 Å². The molecule has 12 heteroatoms. The second kappa shape index (κ2) is 9.21. The van der Waals surface area contributed by atoms with E-state index in [9.17, 15) is 0 Å². The topological polar surface area (TPSA) is 162 Å². The molecule has 0 saturated heterocycles. The van der Waals surface area contributed by atoms with Gasteiger partial charge in [0.1, 0.15) is 0 Å². The molecule has 0 heterocycles. The van der Waals surface area contributed by atoms with E-state index in [-0.39, 0.29) is 46.1 Å². The van der Waals surface area contributed by atoms with Gasteiger partial charge < -0.3 is 38.4 Å². The standard InChI is InChI=1S/2Mg.2H4O4Si.4H/c;;2*1-5(2,3)4;;;;/h;;2*1-4H;;;;. The van der Waals surface area contributed by atoms with Crippen molar-refractivity contribution in [2.24, 2.45) is 0 Å². The molecule has 72 valence electrons. The van der Waals surface area contributed by atoms with Gasteiger partial charge in [0.2, 0.25) is 0 Å². The van der Waals surface area contributed by atoms with Crippen molar-refractivity contribution < 1.29 is 38.4 Å². The summed E-state index contributed by atoms with van der Waals surface area (Å²) in [5.74, 6) is 0. The molecule has 0 saturated carbocycles. The first-order valence-electron chi connectivity index (χ1n) is 1.79. The summed E-state index contributed by atoms with van der Waals surface area (Å²) < 4.78 is 0. The zero-order valence-corrected chi connectivity index (χ0v) is 6.58. The molecule has 0 aliphatic heterocycles. The van der Waals surface area contributed by atoms with Crippen LogP contribution in [-0.2, 0) is 0 Å². The van der Waals surface area contributed by atoms with Gasteiger partial charge in [-0.25, -0.2) is 0 Å². The third kappa shape index (κ3) is 487. The monoisotopic (exact) mass is 244 g/mol. The zero-order chi connectivity index (χ0) is 9.00. The van der Waals surface area contributed by atoms with Gasteiger partial charge in [0.25, 0.3) is 0 Å². The van der Waals surface area contributed by atoms with Crippen LogP contribution in [0.15, 0.2) is 0 Å². The van der Waals surface area contributed by atoms with Gasteiger partial charge in [-0.3, -0.25) is 0 Å². The number of hydrogen-bond acceptors (Lipinski definition) is 8. The molecule has 0 aromatic carbocycles. The average molecular weight is 245 g/mol. The maximum atomic E-state index is 7.33. The van der Waals surface area contributed by atoms with Gasteiger partial charge in [0.15, 0.2) is 0 Å². The molecular weight excluding hydrogens is 233 g/mol. The SMILES string of the molecule is O[Si](O)(O)O.O[Si](O)(O)O.[MgH2].[MgH2]. The van der Waals surface area contributed by atoms with Crippen LogP contribution in [0.5, 0.6) is 0 Å². The van der Waals surface area contributed by atoms with Gasteiger partial charge >= 0.3 is 64.2 Å². The Balaban J connectivity index is -0.0000000457. The molecule has 0 unspecified atom stereocenters. The van der Waals surface area contributed by atoms with Crippen LogP contribution >= 0.6 is 0 Å². The Kier molecular flexibility index (Phi) is 18.0. The molecule has 0 aliphatic rings. The maximum Gasteiger partial charge on any atom is 0.668 e. The normalized spacial score (nSPS) is 10.0. The van der Waals surface area contributed by atoms with Crippen molar-refractivity contribution in [1.82, 2.24) is 0 Å². The van der Waals surface area contributed by atoms with Crippen LogP contribution < -0.4 is 0 Å². The first-order chi connectivity index (χ1) is 4.00. The molecule has 0 aromatic rings. The largest absolute Gasteiger partial charge is 0.668 e. The molecule has 0 rings (SSSR count). The summed E-state index contributed by atoms with van der Waals surface area (Å²) in [6, 6.07) is 0. The number of rotatable bonds is 0.